The molecule has 0 aromatic carbocycles. The van der Waals surface area contributed by atoms with Crippen molar-refractivity contribution in [2.75, 3.05) is 33.3 Å². The Balaban J connectivity index is 1.32. The van der Waals surface area contributed by atoms with Crippen molar-refractivity contribution >= 4 is 33.1 Å². The second-order valence-corrected chi connectivity index (χ2v) is 12.7. The first kappa shape index (κ1) is 25.5. The van der Waals surface area contributed by atoms with E-state index in [0.717, 1.165) is 24.2 Å². The molecule has 1 unspecified atom stereocenters. The number of aliphatic hydroxyl groups is 1. The number of aromatic amines is 1. The first-order chi connectivity index (χ1) is 18.2. The van der Waals surface area contributed by atoms with Crippen LogP contribution in [0.4, 0.5) is 0 Å². The van der Waals surface area contributed by atoms with E-state index in [0.29, 0.717) is 36.9 Å². The van der Waals surface area contributed by atoms with Gasteiger partial charge in [-0.1, -0.05) is 13.8 Å². The van der Waals surface area contributed by atoms with Gasteiger partial charge in [0.05, 0.1) is 18.8 Å². The van der Waals surface area contributed by atoms with E-state index < -0.39 is 0 Å². The van der Waals surface area contributed by atoms with E-state index in [2.05, 4.69) is 60.8 Å². The van der Waals surface area contributed by atoms with Gasteiger partial charge in [-0.15, -0.1) is 11.3 Å². The highest BCUT2D eigenvalue weighted by Gasteiger charge is 2.46. The fraction of sp³-hybridized carbons (Fsp3) is 0.552. The molecule has 2 aliphatic rings. The van der Waals surface area contributed by atoms with Crippen LogP contribution in [0, 0.1) is 26.7 Å². The van der Waals surface area contributed by atoms with E-state index in [9.17, 15) is 4.79 Å². The van der Waals surface area contributed by atoms with Gasteiger partial charge in [0.15, 0.2) is 5.65 Å². The number of hydrogen-bond acceptors (Lipinski definition) is 6. The average molecular weight is 535 g/mol. The zero-order valence-electron chi connectivity index (χ0n) is 23.2. The highest BCUT2D eigenvalue weighted by Crippen LogP contribution is 2.53. The summed E-state index contributed by atoms with van der Waals surface area (Å²) in [5.41, 5.74) is 8.54. The van der Waals surface area contributed by atoms with Gasteiger partial charge in [-0.25, -0.2) is 9.50 Å². The summed E-state index contributed by atoms with van der Waals surface area (Å²) in [6, 6.07) is 0.469. The second-order valence-electron chi connectivity index (χ2n) is 11.6. The summed E-state index contributed by atoms with van der Waals surface area (Å²) < 4.78 is 1.89. The van der Waals surface area contributed by atoms with Crippen LogP contribution in [0.3, 0.4) is 0 Å². The topological polar surface area (TPSA) is 89.8 Å². The van der Waals surface area contributed by atoms with E-state index in [1.807, 2.05) is 15.9 Å². The molecule has 3 atom stereocenters. The Hall–Kier alpha value is -2.75. The lowest BCUT2D eigenvalue weighted by atomic mass is 9.88. The molecule has 1 aliphatic heterocycles. The number of likely N-dealkylation sites (N-methyl/N-ethyl adjacent to an activating group) is 1. The molecule has 38 heavy (non-hydrogen) atoms. The van der Waals surface area contributed by atoms with Gasteiger partial charge in [0.2, 0.25) is 5.91 Å². The number of carbonyl (C=O) groups excluding carboxylic acids is 1. The van der Waals surface area contributed by atoms with Crippen molar-refractivity contribution in [1.82, 2.24) is 29.4 Å². The molecule has 0 radical (unpaired) electrons. The molecule has 1 saturated heterocycles. The summed E-state index contributed by atoms with van der Waals surface area (Å²) in [5, 5.41) is 15.0. The van der Waals surface area contributed by atoms with Crippen molar-refractivity contribution in [2.45, 2.75) is 65.3 Å². The SMILES string of the molecule is Cc1c(-c2[nH]c3sc(C4C[C@@H]5C[C@H]4CN5CC(=O)N(C)CCO)c(C)c3c2C(C)C)cn2ncnc2c1C. The van der Waals surface area contributed by atoms with Crippen molar-refractivity contribution in [2.24, 2.45) is 5.92 Å². The lowest BCUT2D eigenvalue weighted by Gasteiger charge is -2.32. The molecule has 5 heterocycles. The number of amides is 1. The van der Waals surface area contributed by atoms with Gasteiger partial charge < -0.3 is 15.0 Å². The number of H-pyrrole nitrogens is 1. The number of fused-ring (bicyclic) bond motifs is 4. The predicted molar refractivity (Wildman–Crippen MR) is 152 cm³/mol. The van der Waals surface area contributed by atoms with Crippen LogP contribution in [0.25, 0.3) is 27.1 Å². The molecule has 2 bridgehead atoms. The van der Waals surface area contributed by atoms with Crippen LogP contribution in [-0.2, 0) is 4.79 Å². The van der Waals surface area contributed by atoms with Crippen molar-refractivity contribution in [3.05, 3.63) is 39.7 Å². The molecule has 1 amide bonds. The monoisotopic (exact) mass is 534 g/mol. The third-order valence-corrected chi connectivity index (χ3v) is 10.5. The van der Waals surface area contributed by atoms with Crippen molar-refractivity contribution < 1.29 is 9.90 Å². The van der Waals surface area contributed by atoms with Crippen LogP contribution < -0.4 is 0 Å². The Morgan fingerprint density at radius 1 is 1.24 bits per heavy atom. The molecule has 9 heteroatoms. The number of hydrogen-bond donors (Lipinski definition) is 2. The minimum Gasteiger partial charge on any atom is -0.395 e. The number of aryl methyl sites for hydroxylation is 2. The maximum Gasteiger partial charge on any atom is 0.236 e. The Kier molecular flexibility index (Phi) is 6.36. The third-order valence-electron chi connectivity index (χ3n) is 9.13. The predicted octanol–water partition coefficient (Wildman–Crippen LogP) is 4.62. The highest BCUT2D eigenvalue weighted by molar-refractivity contribution is 7.19. The quantitative estimate of drug-likeness (QED) is 0.361. The number of rotatable bonds is 7. The highest BCUT2D eigenvalue weighted by atomic mass is 32.1. The summed E-state index contributed by atoms with van der Waals surface area (Å²) in [6.45, 7) is 13.1. The zero-order chi connectivity index (χ0) is 26.9. The molecule has 2 fully saturated rings. The zero-order valence-corrected chi connectivity index (χ0v) is 24.0. The van der Waals surface area contributed by atoms with Gasteiger partial charge in [-0.3, -0.25) is 9.69 Å². The van der Waals surface area contributed by atoms with E-state index >= 15 is 0 Å². The average Bonchev–Trinajstić information content (AvgIpc) is 3.68. The summed E-state index contributed by atoms with van der Waals surface area (Å²) in [4.78, 5) is 27.7. The van der Waals surface area contributed by atoms with Gasteiger partial charge in [0, 0.05) is 48.2 Å². The molecule has 4 aromatic rings. The second kappa shape index (κ2) is 9.47. The minimum atomic E-state index is 0.00941. The molecule has 6 rings (SSSR count). The number of nitrogens with one attached hydrogen (secondary N) is 1. The fourth-order valence-electron chi connectivity index (χ4n) is 6.98. The molecular formula is C29H38N6O2S. The first-order valence-electron chi connectivity index (χ1n) is 13.7. The Bertz CT molecular complexity index is 1530. The molecule has 1 saturated carbocycles. The van der Waals surface area contributed by atoms with Gasteiger partial charge in [-0.2, -0.15) is 5.10 Å². The Labute approximate surface area is 227 Å². The smallest absolute Gasteiger partial charge is 0.236 e. The van der Waals surface area contributed by atoms with Crippen molar-refractivity contribution in [1.29, 1.82) is 0 Å². The lowest BCUT2D eigenvalue weighted by molar-refractivity contribution is -0.132. The van der Waals surface area contributed by atoms with Gasteiger partial charge in [0.25, 0.3) is 0 Å². The Morgan fingerprint density at radius 3 is 2.71 bits per heavy atom. The summed E-state index contributed by atoms with van der Waals surface area (Å²) >= 11 is 1.94. The molecule has 8 nitrogen and oxygen atoms in total. The standard InChI is InChI=1S/C29H38N6O2S/c1-15(2)24-25-18(5)27(21-10-20-9-19(21)11-34(20)13-23(37)33(6)7-8-36)38-29(25)32-26(24)22-12-35-28(30-14-31-35)17(4)16(22)3/h12,14-15,19-21,32,36H,7-11,13H2,1-6H3/t19-,20-,21?/m0/s1. The van der Waals surface area contributed by atoms with Gasteiger partial charge >= 0.3 is 0 Å². The molecule has 4 aromatic heterocycles. The Morgan fingerprint density at radius 2 is 2.03 bits per heavy atom. The number of carbonyl (C=O) groups is 1. The fourth-order valence-corrected chi connectivity index (χ4v) is 8.41. The van der Waals surface area contributed by atoms with Crippen LogP contribution in [0.1, 0.15) is 65.7 Å². The van der Waals surface area contributed by atoms with Crippen LogP contribution in [-0.4, -0.2) is 79.7 Å². The number of aromatic nitrogens is 4. The summed E-state index contributed by atoms with van der Waals surface area (Å²) in [7, 11) is 1.78. The number of pyridine rings is 1. The van der Waals surface area contributed by atoms with Crippen molar-refractivity contribution in [3.8, 4) is 11.3 Å². The maximum atomic E-state index is 12.6. The molecule has 202 valence electrons. The molecule has 1 aliphatic carbocycles. The van der Waals surface area contributed by atoms with E-state index in [-0.39, 0.29) is 12.5 Å². The van der Waals surface area contributed by atoms with E-state index in [1.165, 1.54) is 49.5 Å². The first-order valence-corrected chi connectivity index (χ1v) is 14.5. The van der Waals surface area contributed by atoms with Gasteiger partial charge in [0.1, 0.15) is 11.2 Å². The largest absolute Gasteiger partial charge is 0.395 e. The molecule has 0 spiro atoms. The normalized spacial score (nSPS) is 21.5. The maximum absolute atomic E-state index is 12.6. The lowest BCUT2D eigenvalue weighted by Crippen LogP contribution is -2.43. The third kappa shape index (κ3) is 3.89. The molecular weight excluding hydrogens is 496 g/mol. The summed E-state index contributed by atoms with van der Waals surface area (Å²) in [6.07, 6.45) is 6.03. The van der Waals surface area contributed by atoms with Crippen LogP contribution in [0.2, 0.25) is 0 Å². The van der Waals surface area contributed by atoms with Gasteiger partial charge in [-0.05, 0) is 73.6 Å². The van der Waals surface area contributed by atoms with Crippen LogP contribution in [0.5, 0.6) is 0 Å². The van der Waals surface area contributed by atoms with E-state index in [4.69, 9.17) is 5.11 Å². The van der Waals surface area contributed by atoms with Crippen LogP contribution >= 0.6 is 11.3 Å². The number of likely N-dealkylation sites (tertiary alicyclic amines) is 1. The number of aliphatic hydroxyl groups excluding tert-OH is 1. The minimum absolute atomic E-state index is 0.00941. The van der Waals surface area contributed by atoms with Crippen molar-refractivity contribution in [3.63, 3.8) is 0 Å². The van der Waals surface area contributed by atoms with E-state index in [1.54, 1.807) is 18.3 Å². The summed E-state index contributed by atoms with van der Waals surface area (Å²) in [5.74, 6) is 1.64. The number of thiophene rings is 1. The van der Waals surface area contributed by atoms with Crippen LogP contribution in [0.15, 0.2) is 12.5 Å². The number of piperidine rings is 1. The number of nitrogens with zero attached hydrogens (tertiary/aromatic N) is 5. The molecule has 2 N–H and O–H groups in total.